The summed E-state index contributed by atoms with van der Waals surface area (Å²) in [6, 6.07) is 6.04. The third-order valence-corrected chi connectivity index (χ3v) is 8.57. The molecule has 5 fully saturated rings. The predicted molar refractivity (Wildman–Crippen MR) is 130 cm³/mol. The molecule has 4 aliphatic carbocycles. The van der Waals surface area contributed by atoms with Crippen molar-refractivity contribution in [2.75, 3.05) is 29.0 Å². The summed E-state index contributed by atoms with van der Waals surface area (Å²) in [5.41, 5.74) is 16.0. The van der Waals surface area contributed by atoms with Crippen LogP contribution in [-0.2, 0) is 5.41 Å². The molecule has 0 spiro atoms. The van der Waals surface area contributed by atoms with E-state index in [1.807, 2.05) is 12.1 Å². The van der Waals surface area contributed by atoms with Gasteiger partial charge in [-0.15, -0.1) is 0 Å². The number of piperidine rings is 1. The van der Waals surface area contributed by atoms with Gasteiger partial charge in [-0.05, 0) is 87.3 Å². The molecule has 1 amide bonds. The Labute approximate surface area is 195 Å². The van der Waals surface area contributed by atoms with Gasteiger partial charge in [0.15, 0.2) is 5.69 Å². The van der Waals surface area contributed by atoms with E-state index >= 15 is 0 Å². The topological polar surface area (TPSA) is 110 Å². The van der Waals surface area contributed by atoms with Gasteiger partial charge < -0.3 is 21.7 Å². The minimum Gasteiger partial charge on any atom is -0.397 e. The second-order valence-electron chi connectivity index (χ2n) is 11.0. The van der Waals surface area contributed by atoms with Crippen molar-refractivity contribution < 1.29 is 4.79 Å². The van der Waals surface area contributed by atoms with Gasteiger partial charge >= 0.3 is 0 Å². The molecule has 2 aromatic rings. The van der Waals surface area contributed by atoms with Gasteiger partial charge in [-0.1, -0.05) is 0 Å². The number of aromatic nitrogens is 2. The molecule has 33 heavy (non-hydrogen) atoms. The molecule has 3 heterocycles. The molecule has 7 nitrogen and oxygen atoms in total. The summed E-state index contributed by atoms with van der Waals surface area (Å²) in [6.45, 7) is 1.69. The smallest absolute Gasteiger partial charge is 0.276 e. The number of carbonyl (C=O) groups is 1. The lowest BCUT2D eigenvalue weighted by molar-refractivity contribution is -0.00723. The Morgan fingerprint density at radius 2 is 1.82 bits per heavy atom. The summed E-state index contributed by atoms with van der Waals surface area (Å²) < 4.78 is 0. The SMILES string of the molecule is Nc1ccc(C23CC4CC(CC(C4)C2)C3)nc1C(=O)Nc1cnccc1N1CCC[C@H](N)C1. The van der Waals surface area contributed by atoms with Crippen molar-refractivity contribution in [3.8, 4) is 0 Å². The van der Waals surface area contributed by atoms with Crippen LogP contribution in [0.3, 0.4) is 0 Å². The van der Waals surface area contributed by atoms with Crippen molar-refractivity contribution in [1.29, 1.82) is 0 Å². The van der Waals surface area contributed by atoms with Gasteiger partial charge in [0.1, 0.15) is 0 Å². The second kappa shape index (κ2) is 7.97. The first-order valence-electron chi connectivity index (χ1n) is 12.5. The fourth-order valence-electron chi connectivity index (χ4n) is 7.54. The Morgan fingerprint density at radius 1 is 1.09 bits per heavy atom. The summed E-state index contributed by atoms with van der Waals surface area (Å²) >= 11 is 0. The summed E-state index contributed by atoms with van der Waals surface area (Å²) in [6.07, 6.45) is 13.3. The normalized spacial score (nSPS) is 32.7. The van der Waals surface area contributed by atoms with Crippen LogP contribution in [0.4, 0.5) is 17.1 Å². The maximum absolute atomic E-state index is 13.4. The number of amides is 1. The van der Waals surface area contributed by atoms with Crippen molar-refractivity contribution in [1.82, 2.24) is 9.97 Å². The number of nitrogens with one attached hydrogen (secondary N) is 1. The Hall–Kier alpha value is -2.67. The Balaban J connectivity index is 1.27. The number of nitrogens with zero attached hydrogens (tertiary/aromatic N) is 3. The minimum absolute atomic E-state index is 0.126. The highest BCUT2D eigenvalue weighted by Crippen LogP contribution is 2.60. The molecule has 174 valence electrons. The van der Waals surface area contributed by atoms with Gasteiger partial charge in [0.2, 0.25) is 0 Å². The first-order valence-corrected chi connectivity index (χ1v) is 12.5. The quantitative estimate of drug-likeness (QED) is 0.660. The van der Waals surface area contributed by atoms with Crippen LogP contribution in [0.1, 0.15) is 67.5 Å². The first kappa shape index (κ1) is 20.9. The molecule has 7 rings (SSSR count). The molecule has 7 heteroatoms. The van der Waals surface area contributed by atoms with Crippen molar-refractivity contribution >= 4 is 23.0 Å². The lowest BCUT2D eigenvalue weighted by Crippen LogP contribution is -2.49. The van der Waals surface area contributed by atoms with Crippen LogP contribution in [0.2, 0.25) is 0 Å². The van der Waals surface area contributed by atoms with Gasteiger partial charge in [-0.2, -0.15) is 0 Å². The van der Waals surface area contributed by atoms with Gasteiger partial charge in [0, 0.05) is 36.4 Å². The van der Waals surface area contributed by atoms with Crippen molar-refractivity contribution in [2.24, 2.45) is 23.5 Å². The van der Waals surface area contributed by atoms with E-state index in [1.165, 1.54) is 38.5 Å². The molecule has 1 saturated heterocycles. The zero-order chi connectivity index (χ0) is 22.6. The number of nitrogen functional groups attached to an aromatic ring is 1. The summed E-state index contributed by atoms with van der Waals surface area (Å²) in [7, 11) is 0. The molecule has 5 N–H and O–H groups in total. The zero-order valence-electron chi connectivity index (χ0n) is 19.2. The Bertz CT molecular complexity index is 1030. The first-order chi connectivity index (χ1) is 16.0. The number of hydrogen-bond acceptors (Lipinski definition) is 6. The van der Waals surface area contributed by atoms with E-state index in [0.717, 1.165) is 55.1 Å². The van der Waals surface area contributed by atoms with E-state index in [2.05, 4.69) is 21.3 Å². The van der Waals surface area contributed by atoms with Crippen LogP contribution in [0, 0.1) is 17.8 Å². The molecular formula is C26H34N6O. The molecule has 0 unspecified atom stereocenters. The van der Waals surface area contributed by atoms with Gasteiger partial charge in [0.25, 0.3) is 5.91 Å². The van der Waals surface area contributed by atoms with Crippen LogP contribution in [0.5, 0.6) is 0 Å². The van der Waals surface area contributed by atoms with Crippen molar-refractivity contribution in [3.63, 3.8) is 0 Å². The van der Waals surface area contributed by atoms with E-state index in [1.54, 1.807) is 12.4 Å². The molecule has 1 atom stereocenters. The average molecular weight is 447 g/mol. The van der Waals surface area contributed by atoms with Crippen molar-refractivity contribution in [3.05, 3.63) is 42.0 Å². The largest absolute Gasteiger partial charge is 0.397 e. The lowest BCUT2D eigenvalue weighted by Gasteiger charge is -2.56. The Morgan fingerprint density at radius 3 is 2.52 bits per heavy atom. The highest BCUT2D eigenvalue weighted by atomic mass is 16.1. The van der Waals surface area contributed by atoms with Crippen LogP contribution >= 0.6 is 0 Å². The summed E-state index contributed by atoms with van der Waals surface area (Å²) in [5.74, 6) is 2.19. The van der Waals surface area contributed by atoms with Gasteiger partial charge in [0.05, 0.1) is 23.3 Å². The molecule has 5 aliphatic rings. The average Bonchev–Trinajstić information content (AvgIpc) is 2.78. The number of anilines is 3. The number of carbonyl (C=O) groups excluding carboxylic acids is 1. The van der Waals surface area contributed by atoms with Gasteiger partial charge in [-0.25, -0.2) is 4.98 Å². The second-order valence-corrected chi connectivity index (χ2v) is 11.0. The lowest BCUT2D eigenvalue weighted by atomic mass is 9.49. The van der Waals surface area contributed by atoms with Crippen molar-refractivity contribution in [2.45, 2.75) is 62.8 Å². The predicted octanol–water partition coefficient (Wildman–Crippen LogP) is 3.71. The third-order valence-electron chi connectivity index (χ3n) is 8.57. The fourth-order valence-corrected chi connectivity index (χ4v) is 7.54. The van der Waals surface area contributed by atoms with Crippen LogP contribution in [0.25, 0.3) is 0 Å². The molecule has 2 aromatic heterocycles. The third kappa shape index (κ3) is 3.76. The van der Waals surface area contributed by atoms with E-state index in [9.17, 15) is 4.79 Å². The molecule has 4 bridgehead atoms. The molecular weight excluding hydrogens is 412 g/mol. The Kier molecular flexibility index (Phi) is 5.05. The number of hydrogen-bond donors (Lipinski definition) is 3. The van der Waals surface area contributed by atoms with Gasteiger partial charge in [-0.3, -0.25) is 9.78 Å². The maximum Gasteiger partial charge on any atom is 0.276 e. The molecule has 0 aromatic carbocycles. The van der Waals surface area contributed by atoms with E-state index in [-0.39, 0.29) is 17.4 Å². The van der Waals surface area contributed by atoms with E-state index in [0.29, 0.717) is 17.1 Å². The van der Waals surface area contributed by atoms with Crippen LogP contribution < -0.4 is 21.7 Å². The van der Waals surface area contributed by atoms with Crippen LogP contribution in [0.15, 0.2) is 30.6 Å². The fraction of sp³-hybridized carbons (Fsp3) is 0.577. The maximum atomic E-state index is 13.4. The van der Waals surface area contributed by atoms with E-state index in [4.69, 9.17) is 16.5 Å². The molecule has 0 radical (unpaired) electrons. The highest BCUT2D eigenvalue weighted by Gasteiger charge is 2.52. The highest BCUT2D eigenvalue weighted by molar-refractivity contribution is 6.07. The van der Waals surface area contributed by atoms with E-state index < -0.39 is 0 Å². The number of pyridine rings is 2. The summed E-state index contributed by atoms with van der Waals surface area (Å²) in [5, 5.41) is 3.05. The zero-order valence-corrected chi connectivity index (χ0v) is 19.2. The van der Waals surface area contributed by atoms with Crippen LogP contribution in [-0.4, -0.2) is 35.0 Å². The summed E-state index contributed by atoms with van der Waals surface area (Å²) in [4.78, 5) is 24.8. The minimum atomic E-state index is -0.269. The number of nitrogens with two attached hydrogens (primary N) is 2. The molecule has 4 saturated carbocycles. The monoisotopic (exact) mass is 446 g/mol. The number of rotatable bonds is 4. The molecule has 1 aliphatic heterocycles. The standard InChI is InChI=1S/C26H34N6O/c27-19-2-1-7-32(15-19)22-5-6-29-14-21(22)30-25(33)24-20(28)3-4-23(31-24)26-11-16-8-17(12-26)10-18(9-16)13-26/h3-6,14,16-19H,1-2,7-13,15,27-28H2,(H,30,33)/t16?,17?,18?,19-,26?/m0/s1.